The standard InChI is InChI=1S/C3H8OSi/c1-3-4-5-2/h3H,1,5H2,2H3. The van der Waals surface area contributed by atoms with Gasteiger partial charge in [-0.05, 0) is 6.55 Å². The molecule has 0 aromatic heterocycles. The normalized spacial score (nSPS) is 9.00. The maximum Gasteiger partial charge on any atom is 0.215 e. The molecule has 0 rings (SSSR count). The zero-order chi connectivity index (χ0) is 4.12. The summed E-state index contributed by atoms with van der Waals surface area (Å²) < 4.78 is 4.74. The Balaban J connectivity index is 2.40. The maximum atomic E-state index is 4.74. The molecular weight excluding hydrogens is 80.1 g/mol. The first-order chi connectivity index (χ1) is 2.41. The largest absolute Gasteiger partial charge is 0.555 e. The highest BCUT2D eigenvalue weighted by Gasteiger charge is 1.59. The third-order valence-corrected chi connectivity index (χ3v) is 0.854. The summed E-state index contributed by atoms with van der Waals surface area (Å²) in [6, 6.07) is 0. The predicted octanol–water partition coefficient (Wildman–Crippen LogP) is 0.278. The van der Waals surface area contributed by atoms with Crippen LogP contribution < -0.4 is 0 Å². The van der Waals surface area contributed by atoms with E-state index in [4.69, 9.17) is 4.43 Å². The lowest BCUT2D eigenvalue weighted by molar-refractivity contribution is 0.522. The molecule has 0 aliphatic rings. The van der Waals surface area contributed by atoms with Gasteiger partial charge in [-0.2, -0.15) is 0 Å². The lowest BCUT2D eigenvalue weighted by Crippen LogP contribution is -1.78. The van der Waals surface area contributed by atoms with E-state index in [-0.39, 0.29) is 9.76 Å². The van der Waals surface area contributed by atoms with E-state index < -0.39 is 0 Å². The third-order valence-electron chi connectivity index (χ3n) is 0.285. The molecule has 0 aliphatic heterocycles. The highest BCUT2D eigenvalue weighted by molar-refractivity contribution is 6.25. The molecule has 0 spiro atoms. The van der Waals surface area contributed by atoms with Crippen LogP contribution in [0, 0.1) is 0 Å². The second-order valence-electron chi connectivity index (χ2n) is 0.622. The smallest absolute Gasteiger partial charge is 0.215 e. The average molecular weight is 88.2 g/mol. The summed E-state index contributed by atoms with van der Waals surface area (Å²) in [5.41, 5.74) is 0. The van der Waals surface area contributed by atoms with Gasteiger partial charge in [0, 0.05) is 0 Å². The van der Waals surface area contributed by atoms with Gasteiger partial charge in [0.2, 0.25) is 9.76 Å². The number of hydrogen-bond donors (Lipinski definition) is 0. The molecule has 0 N–H and O–H groups in total. The predicted molar refractivity (Wildman–Crippen MR) is 25.7 cm³/mol. The quantitative estimate of drug-likeness (QED) is 0.348. The van der Waals surface area contributed by atoms with E-state index in [1.165, 1.54) is 6.26 Å². The van der Waals surface area contributed by atoms with Gasteiger partial charge in [-0.15, -0.1) is 0 Å². The molecule has 2 heteroatoms. The first-order valence-electron chi connectivity index (χ1n) is 1.64. The van der Waals surface area contributed by atoms with Gasteiger partial charge in [-0.25, -0.2) is 0 Å². The van der Waals surface area contributed by atoms with Crippen molar-refractivity contribution in [3.05, 3.63) is 12.8 Å². The summed E-state index contributed by atoms with van der Waals surface area (Å²) in [5, 5.41) is 0. The molecule has 0 saturated heterocycles. The summed E-state index contributed by atoms with van der Waals surface area (Å²) in [5.74, 6) is 0. The molecule has 0 heterocycles. The third kappa shape index (κ3) is 3.76. The van der Waals surface area contributed by atoms with Crippen molar-refractivity contribution in [1.82, 2.24) is 0 Å². The van der Waals surface area contributed by atoms with E-state index in [9.17, 15) is 0 Å². The van der Waals surface area contributed by atoms with Crippen molar-refractivity contribution >= 4 is 9.76 Å². The monoisotopic (exact) mass is 88.0 g/mol. The van der Waals surface area contributed by atoms with Crippen LogP contribution in [0.2, 0.25) is 6.55 Å². The van der Waals surface area contributed by atoms with E-state index in [0.29, 0.717) is 0 Å². The molecular formula is C3H8OSi. The molecule has 0 amide bonds. The van der Waals surface area contributed by atoms with Crippen molar-refractivity contribution in [1.29, 1.82) is 0 Å². The molecule has 30 valence electrons. The number of hydrogen-bond acceptors (Lipinski definition) is 1. The molecule has 0 aromatic carbocycles. The lowest BCUT2D eigenvalue weighted by atomic mass is 11.2. The van der Waals surface area contributed by atoms with Crippen LogP contribution in [0.15, 0.2) is 12.8 Å². The maximum absolute atomic E-state index is 4.74. The summed E-state index contributed by atoms with van der Waals surface area (Å²) in [7, 11) is -0.204. The van der Waals surface area contributed by atoms with Crippen LogP contribution in [0.4, 0.5) is 0 Å². The van der Waals surface area contributed by atoms with Gasteiger partial charge in [-0.1, -0.05) is 6.58 Å². The molecule has 0 aliphatic carbocycles. The minimum Gasteiger partial charge on any atom is -0.555 e. The molecule has 0 saturated carbocycles. The highest BCUT2D eigenvalue weighted by atomic mass is 28.2. The second-order valence-corrected chi connectivity index (χ2v) is 1.53. The van der Waals surface area contributed by atoms with E-state index in [0.717, 1.165) is 0 Å². The Morgan fingerprint density at radius 2 is 2.60 bits per heavy atom. The van der Waals surface area contributed by atoms with Crippen LogP contribution in [0.5, 0.6) is 0 Å². The first kappa shape index (κ1) is 4.76. The Bertz CT molecular complexity index is 28.1. The van der Waals surface area contributed by atoms with Gasteiger partial charge in [0.1, 0.15) is 0 Å². The van der Waals surface area contributed by atoms with Crippen LogP contribution in [-0.2, 0) is 4.43 Å². The lowest BCUT2D eigenvalue weighted by Gasteiger charge is -1.84. The zero-order valence-corrected chi connectivity index (χ0v) is 4.81. The SMILES string of the molecule is C=CO[SiH2]C. The highest BCUT2D eigenvalue weighted by Crippen LogP contribution is 1.61. The molecule has 0 aromatic rings. The fraction of sp³-hybridized carbons (Fsp3) is 0.333. The van der Waals surface area contributed by atoms with Crippen LogP contribution >= 0.6 is 0 Å². The Labute approximate surface area is 34.6 Å². The summed E-state index contributed by atoms with van der Waals surface area (Å²) >= 11 is 0. The Morgan fingerprint density at radius 3 is 2.60 bits per heavy atom. The fourth-order valence-corrected chi connectivity index (χ4v) is 0.354. The van der Waals surface area contributed by atoms with Gasteiger partial charge in [0.15, 0.2) is 0 Å². The zero-order valence-electron chi connectivity index (χ0n) is 3.40. The van der Waals surface area contributed by atoms with E-state index in [2.05, 4.69) is 13.1 Å². The van der Waals surface area contributed by atoms with E-state index in [1.807, 2.05) is 0 Å². The molecule has 0 atom stereocenters. The van der Waals surface area contributed by atoms with Gasteiger partial charge in [0.25, 0.3) is 0 Å². The average Bonchev–Trinajstić information content (AvgIpc) is 1.41. The van der Waals surface area contributed by atoms with E-state index >= 15 is 0 Å². The Hall–Kier alpha value is -0.243. The van der Waals surface area contributed by atoms with Crippen molar-refractivity contribution in [2.45, 2.75) is 6.55 Å². The number of rotatable bonds is 2. The summed E-state index contributed by atoms with van der Waals surface area (Å²) in [6.07, 6.45) is 1.49. The topological polar surface area (TPSA) is 9.23 Å². The second kappa shape index (κ2) is 3.76. The molecule has 0 radical (unpaired) electrons. The van der Waals surface area contributed by atoms with Crippen LogP contribution in [0.3, 0.4) is 0 Å². The van der Waals surface area contributed by atoms with Crippen LogP contribution in [0.25, 0.3) is 0 Å². The van der Waals surface area contributed by atoms with Crippen molar-refractivity contribution in [3.63, 3.8) is 0 Å². The first-order valence-corrected chi connectivity index (χ1v) is 3.63. The van der Waals surface area contributed by atoms with Crippen molar-refractivity contribution in [2.24, 2.45) is 0 Å². The molecule has 5 heavy (non-hydrogen) atoms. The molecule has 0 bridgehead atoms. The van der Waals surface area contributed by atoms with Crippen molar-refractivity contribution in [3.8, 4) is 0 Å². The summed E-state index contributed by atoms with van der Waals surface area (Å²) in [6.45, 7) is 5.42. The van der Waals surface area contributed by atoms with Gasteiger partial charge >= 0.3 is 0 Å². The molecule has 1 nitrogen and oxygen atoms in total. The van der Waals surface area contributed by atoms with Crippen molar-refractivity contribution < 1.29 is 4.43 Å². The molecule has 0 fully saturated rings. The van der Waals surface area contributed by atoms with Crippen LogP contribution in [0.1, 0.15) is 0 Å². The van der Waals surface area contributed by atoms with E-state index in [1.54, 1.807) is 0 Å². The Kier molecular flexibility index (Phi) is 3.57. The minimum absolute atomic E-state index is 0.204. The van der Waals surface area contributed by atoms with Crippen molar-refractivity contribution in [2.75, 3.05) is 0 Å². The fourth-order valence-electron chi connectivity index (χ4n) is 0.118. The minimum atomic E-state index is -0.204. The molecule has 0 unspecified atom stereocenters. The van der Waals surface area contributed by atoms with Crippen LogP contribution in [-0.4, -0.2) is 9.76 Å². The van der Waals surface area contributed by atoms with Gasteiger partial charge in [-0.3, -0.25) is 0 Å². The summed E-state index contributed by atoms with van der Waals surface area (Å²) in [4.78, 5) is 0. The van der Waals surface area contributed by atoms with Gasteiger partial charge in [0.05, 0.1) is 6.26 Å². The van der Waals surface area contributed by atoms with Gasteiger partial charge < -0.3 is 4.43 Å². The Morgan fingerprint density at radius 1 is 2.00 bits per heavy atom.